The zero-order valence-electron chi connectivity index (χ0n) is 10.2. The molecule has 0 aliphatic rings. The van der Waals surface area contributed by atoms with Gasteiger partial charge < -0.3 is 14.5 Å². The minimum absolute atomic E-state index is 0.151. The smallest absolute Gasteiger partial charge is 0.351 e. The number of carbonyl (C=O) groups is 1. The molecule has 3 N–H and O–H groups in total. The Hall–Kier alpha value is -1.38. The lowest BCUT2D eigenvalue weighted by molar-refractivity contribution is -0.165. The highest BCUT2D eigenvalue weighted by Gasteiger charge is 2.34. The first kappa shape index (κ1) is 16.7. The Bertz CT molecular complexity index is 547. The molecule has 0 fully saturated rings. The number of benzene rings is 1. The lowest BCUT2D eigenvalue weighted by atomic mass is 10.2. The summed E-state index contributed by atoms with van der Waals surface area (Å²) in [4.78, 5) is 29.3. The van der Waals surface area contributed by atoms with Crippen LogP contribution in [0.5, 0.6) is 0 Å². The first-order valence-electron chi connectivity index (χ1n) is 5.20. The van der Waals surface area contributed by atoms with Crippen LogP contribution >= 0.6 is 7.60 Å². The van der Waals surface area contributed by atoms with Crippen LogP contribution in [0.15, 0.2) is 18.2 Å². The molecule has 1 aromatic rings. The first-order chi connectivity index (χ1) is 9.12. The topological polar surface area (TPSA) is 107 Å². The van der Waals surface area contributed by atoms with E-state index in [1.54, 1.807) is 0 Å². The van der Waals surface area contributed by atoms with Crippen LogP contribution in [0, 0.1) is 11.6 Å². The van der Waals surface area contributed by atoms with Crippen molar-refractivity contribution in [3.8, 4) is 0 Å². The van der Waals surface area contributed by atoms with E-state index >= 15 is 0 Å². The number of halogens is 2. The standard InChI is InChI=1S/C10H12F2NO6P/c1-13(15)9(14)5-19-10(20(16,17)18)7-3-2-6(11)4-8(7)12/h2-4,10,15H,5H2,1H3,(H2,16,17,18). The monoisotopic (exact) mass is 311 g/mol. The maximum Gasteiger partial charge on any atom is 0.358 e. The average molecular weight is 311 g/mol. The van der Waals surface area contributed by atoms with Gasteiger partial charge in [-0.2, -0.15) is 0 Å². The summed E-state index contributed by atoms with van der Waals surface area (Å²) in [5, 5.41) is 8.93. The van der Waals surface area contributed by atoms with Gasteiger partial charge in [0.25, 0.3) is 5.91 Å². The van der Waals surface area contributed by atoms with Gasteiger partial charge in [-0.1, -0.05) is 0 Å². The molecular formula is C10H12F2NO6P. The fraction of sp³-hybridized carbons (Fsp3) is 0.300. The summed E-state index contributed by atoms with van der Waals surface area (Å²) in [6, 6.07) is 2.04. The summed E-state index contributed by atoms with van der Waals surface area (Å²) in [6.07, 6.45) is 0. The van der Waals surface area contributed by atoms with Crippen molar-refractivity contribution in [1.29, 1.82) is 0 Å². The third-order valence-corrected chi connectivity index (χ3v) is 3.30. The van der Waals surface area contributed by atoms with Gasteiger partial charge in [0.15, 0.2) is 5.85 Å². The fourth-order valence-electron chi connectivity index (χ4n) is 1.31. The number of hydrogen-bond acceptors (Lipinski definition) is 4. The van der Waals surface area contributed by atoms with Crippen molar-refractivity contribution in [3.63, 3.8) is 0 Å². The number of nitrogens with zero attached hydrogens (tertiary/aromatic N) is 1. The van der Waals surface area contributed by atoms with E-state index < -0.39 is 43.2 Å². The van der Waals surface area contributed by atoms with Crippen molar-refractivity contribution in [2.24, 2.45) is 0 Å². The minimum atomic E-state index is -4.96. The van der Waals surface area contributed by atoms with Crippen molar-refractivity contribution in [2.45, 2.75) is 5.85 Å². The second-order valence-corrected chi connectivity index (χ2v) is 5.48. The molecule has 1 amide bonds. The summed E-state index contributed by atoms with van der Waals surface area (Å²) >= 11 is 0. The summed E-state index contributed by atoms with van der Waals surface area (Å²) < 4.78 is 42.2. The Kier molecular flexibility index (Phi) is 5.32. The zero-order valence-corrected chi connectivity index (χ0v) is 11.1. The predicted octanol–water partition coefficient (Wildman–Crippen LogP) is 1.01. The summed E-state index contributed by atoms with van der Waals surface area (Å²) in [5.41, 5.74) is -0.590. The molecule has 0 bridgehead atoms. The Morgan fingerprint density at radius 2 is 2.05 bits per heavy atom. The van der Waals surface area contributed by atoms with Crippen LogP contribution in [0.3, 0.4) is 0 Å². The Balaban J connectivity index is 3.02. The van der Waals surface area contributed by atoms with Crippen LogP contribution in [0.2, 0.25) is 0 Å². The maximum atomic E-state index is 13.5. The SMILES string of the molecule is CN(O)C(=O)COC(c1ccc(F)cc1F)P(=O)(O)O. The van der Waals surface area contributed by atoms with E-state index in [4.69, 9.17) is 15.0 Å². The molecule has 0 aliphatic carbocycles. The summed E-state index contributed by atoms with van der Waals surface area (Å²) in [6.45, 7) is -0.889. The van der Waals surface area contributed by atoms with E-state index in [0.717, 1.165) is 19.2 Å². The Morgan fingerprint density at radius 1 is 1.45 bits per heavy atom. The highest BCUT2D eigenvalue weighted by Crippen LogP contribution is 2.52. The number of rotatable bonds is 5. The molecule has 1 rings (SSSR count). The molecule has 10 heteroatoms. The van der Waals surface area contributed by atoms with Crippen LogP contribution in [-0.4, -0.2) is 39.6 Å². The van der Waals surface area contributed by atoms with Gasteiger partial charge in [-0.25, -0.2) is 13.8 Å². The van der Waals surface area contributed by atoms with Gasteiger partial charge in [-0.15, -0.1) is 0 Å². The van der Waals surface area contributed by atoms with Gasteiger partial charge in [-0.05, 0) is 12.1 Å². The second-order valence-electron chi connectivity index (χ2n) is 3.84. The second kappa shape index (κ2) is 6.38. The van der Waals surface area contributed by atoms with Crippen LogP contribution in [0.4, 0.5) is 8.78 Å². The fourth-order valence-corrected chi connectivity index (χ4v) is 2.15. The molecular weight excluding hydrogens is 299 g/mol. The van der Waals surface area contributed by atoms with Crippen LogP contribution in [-0.2, 0) is 14.1 Å². The molecule has 0 aliphatic heterocycles. The molecule has 1 atom stereocenters. The Morgan fingerprint density at radius 3 is 2.50 bits per heavy atom. The highest BCUT2D eigenvalue weighted by atomic mass is 31.2. The van der Waals surface area contributed by atoms with Crippen molar-refractivity contribution in [3.05, 3.63) is 35.4 Å². The van der Waals surface area contributed by atoms with Gasteiger partial charge in [0.05, 0.1) is 0 Å². The summed E-state index contributed by atoms with van der Waals surface area (Å²) in [5.74, 6) is -5.22. The molecule has 7 nitrogen and oxygen atoms in total. The molecule has 112 valence electrons. The van der Waals surface area contributed by atoms with E-state index in [1.807, 2.05) is 0 Å². The van der Waals surface area contributed by atoms with Gasteiger partial charge in [0.1, 0.15) is 18.2 Å². The van der Waals surface area contributed by atoms with Crippen LogP contribution in [0.1, 0.15) is 11.4 Å². The predicted molar refractivity (Wildman–Crippen MR) is 61.7 cm³/mol. The number of ether oxygens (including phenoxy) is 1. The van der Waals surface area contributed by atoms with Gasteiger partial charge in [0, 0.05) is 18.7 Å². The number of hydroxylamine groups is 2. The van der Waals surface area contributed by atoms with Crippen LogP contribution < -0.4 is 0 Å². The van der Waals surface area contributed by atoms with E-state index in [-0.39, 0.29) is 5.06 Å². The number of hydrogen-bond donors (Lipinski definition) is 3. The third-order valence-electron chi connectivity index (χ3n) is 2.26. The van der Waals surface area contributed by atoms with E-state index in [9.17, 15) is 18.1 Å². The third kappa shape index (κ3) is 4.32. The molecule has 0 spiro atoms. The molecule has 0 aromatic heterocycles. The molecule has 1 aromatic carbocycles. The average Bonchev–Trinajstić information content (AvgIpc) is 2.29. The minimum Gasteiger partial charge on any atom is -0.351 e. The number of amides is 1. The quantitative estimate of drug-likeness (QED) is 0.425. The summed E-state index contributed by atoms with van der Waals surface area (Å²) in [7, 11) is -3.98. The van der Waals surface area contributed by atoms with Crippen molar-refractivity contribution in [1.82, 2.24) is 5.06 Å². The van der Waals surface area contributed by atoms with E-state index in [1.165, 1.54) is 0 Å². The maximum absolute atomic E-state index is 13.5. The van der Waals surface area contributed by atoms with Gasteiger partial charge >= 0.3 is 7.60 Å². The van der Waals surface area contributed by atoms with E-state index in [2.05, 4.69) is 4.74 Å². The highest BCUT2D eigenvalue weighted by molar-refractivity contribution is 7.52. The normalized spacial score (nSPS) is 13.1. The molecule has 0 saturated carbocycles. The molecule has 1 unspecified atom stereocenters. The van der Waals surface area contributed by atoms with Gasteiger partial charge in [0.2, 0.25) is 0 Å². The number of likely N-dealkylation sites (N-methyl/N-ethyl adjacent to an activating group) is 1. The Labute approximate surface area is 112 Å². The van der Waals surface area contributed by atoms with Crippen molar-refractivity contribution in [2.75, 3.05) is 13.7 Å². The van der Waals surface area contributed by atoms with Gasteiger partial charge in [-0.3, -0.25) is 14.6 Å². The molecule has 0 saturated heterocycles. The first-order valence-corrected chi connectivity index (χ1v) is 6.88. The zero-order chi connectivity index (χ0) is 15.5. The van der Waals surface area contributed by atoms with E-state index in [0.29, 0.717) is 6.07 Å². The lowest BCUT2D eigenvalue weighted by Crippen LogP contribution is -2.27. The lowest BCUT2D eigenvalue weighted by Gasteiger charge is -2.20. The number of carbonyl (C=O) groups excluding carboxylic acids is 1. The van der Waals surface area contributed by atoms with Crippen molar-refractivity contribution >= 4 is 13.5 Å². The largest absolute Gasteiger partial charge is 0.358 e. The molecule has 0 radical (unpaired) electrons. The van der Waals surface area contributed by atoms with Crippen LogP contribution in [0.25, 0.3) is 0 Å². The molecule has 20 heavy (non-hydrogen) atoms. The van der Waals surface area contributed by atoms with Crippen molar-refractivity contribution < 1.29 is 37.9 Å². The molecule has 0 heterocycles.